The fraction of sp³-hybridized carbons (Fsp3) is 0.176. The second-order valence-corrected chi connectivity index (χ2v) is 4.85. The van der Waals surface area contributed by atoms with Gasteiger partial charge in [0, 0.05) is 17.8 Å². The summed E-state index contributed by atoms with van der Waals surface area (Å²) in [5.41, 5.74) is 1.56. The first kappa shape index (κ1) is 16.0. The monoisotopic (exact) mass is 315 g/mol. The van der Waals surface area contributed by atoms with Crippen molar-refractivity contribution >= 4 is 29.8 Å². The Balaban J connectivity index is 0.00000176. The number of benzene rings is 2. The molecular weight excluding hydrogens is 298 g/mol. The van der Waals surface area contributed by atoms with Gasteiger partial charge in [0.1, 0.15) is 5.84 Å². The zero-order chi connectivity index (χ0) is 14.5. The van der Waals surface area contributed by atoms with Gasteiger partial charge in [-0.25, -0.2) is 0 Å². The van der Waals surface area contributed by atoms with Crippen molar-refractivity contribution < 1.29 is 4.79 Å². The van der Waals surface area contributed by atoms with E-state index in [1.807, 2.05) is 60.7 Å². The number of para-hydroxylation sites is 1. The lowest BCUT2D eigenvalue weighted by molar-refractivity contribution is 0.0990. The fourth-order valence-corrected chi connectivity index (χ4v) is 2.33. The minimum absolute atomic E-state index is 0. The SMILES string of the molecule is Cl.O=C(c1ccccc1)N(CC1=NCCN1)c1ccccc1. The Morgan fingerprint density at radius 1 is 1.05 bits per heavy atom. The van der Waals surface area contributed by atoms with Gasteiger partial charge in [-0.05, 0) is 24.3 Å². The Kier molecular flexibility index (Phi) is 5.55. The maximum absolute atomic E-state index is 12.8. The van der Waals surface area contributed by atoms with E-state index < -0.39 is 0 Å². The minimum atomic E-state index is -0.0156. The molecule has 1 heterocycles. The van der Waals surface area contributed by atoms with Crippen LogP contribution in [-0.2, 0) is 0 Å². The molecule has 4 nitrogen and oxygen atoms in total. The van der Waals surface area contributed by atoms with E-state index in [0.29, 0.717) is 12.1 Å². The molecule has 0 saturated heterocycles. The summed E-state index contributed by atoms with van der Waals surface area (Å²) >= 11 is 0. The van der Waals surface area contributed by atoms with Crippen molar-refractivity contribution in [3.05, 3.63) is 66.2 Å². The minimum Gasteiger partial charge on any atom is -0.370 e. The normalized spacial score (nSPS) is 12.8. The van der Waals surface area contributed by atoms with Crippen LogP contribution in [0.5, 0.6) is 0 Å². The summed E-state index contributed by atoms with van der Waals surface area (Å²) in [4.78, 5) is 18.9. The Labute approximate surface area is 136 Å². The van der Waals surface area contributed by atoms with Gasteiger partial charge < -0.3 is 10.2 Å². The third-order valence-corrected chi connectivity index (χ3v) is 3.39. The Morgan fingerprint density at radius 2 is 1.68 bits per heavy atom. The van der Waals surface area contributed by atoms with Crippen LogP contribution in [-0.4, -0.2) is 31.4 Å². The van der Waals surface area contributed by atoms with Gasteiger partial charge in [0.25, 0.3) is 5.91 Å². The Hall–Kier alpha value is -2.33. The summed E-state index contributed by atoms with van der Waals surface area (Å²) in [6.07, 6.45) is 0. The Morgan fingerprint density at radius 3 is 2.27 bits per heavy atom. The number of rotatable bonds is 4. The molecule has 0 spiro atoms. The predicted octanol–water partition coefficient (Wildman–Crippen LogP) is 2.76. The van der Waals surface area contributed by atoms with Gasteiger partial charge >= 0.3 is 0 Å². The van der Waals surface area contributed by atoms with Gasteiger partial charge in [-0.3, -0.25) is 9.79 Å². The summed E-state index contributed by atoms with van der Waals surface area (Å²) in [6.45, 7) is 2.09. The molecule has 1 aliphatic heterocycles. The highest BCUT2D eigenvalue weighted by Gasteiger charge is 2.20. The van der Waals surface area contributed by atoms with Crippen molar-refractivity contribution in [2.45, 2.75) is 0 Å². The standard InChI is InChI=1S/C17H17N3O.ClH/c21-17(14-7-3-1-4-8-14)20(13-16-18-11-12-19-16)15-9-5-2-6-10-15;/h1-10H,11-13H2,(H,18,19);1H. The quantitative estimate of drug-likeness (QED) is 0.943. The largest absolute Gasteiger partial charge is 0.370 e. The van der Waals surface area contributed by atoms with Crippen molar-refractivity contribution in [3.63, 3.8) is 0 Å². The number of amides is 1. The highest BCUT2D eigenvalue weighted by Crippen LogP contribution is 2.17. The highest BCUT2D eigenvalue weighted by atomic mass is 35.5. The maximum Gasteiger partial charge on any atom is 0.258 e. The first-order chi connectivity index (χ1) is 10.3. The molecule has 5 heteroatoms. The average molecular weight is 316 g/mol. The molecule has 0 aliphatic carbocycles. The summed E-state index contributed by atoms with van der Waals surface area (Å²) in [6, 6.07) is 19.0. The van der Waals surface area contributed by atoms with E-state index in [4.69, 9.17) is 0 Å². The molecule has 2 aromatic rings. The van der Waals surface area contributed by atoms with E-state index in [2.05, 4.69) is 10.3 Å². The third kappa shape index (κ3) is 3.65. The second kappa shape index (κ2) is 7.61. The number of halogens is 1. The van der Waals surface area contributed by atoms with Crippen LogP contribution in [0.25, 0.3) is 0 Å². The van der Waals surface area contributed by atoms with Crippen LogP contribution >= 0.6 is 12.4 Å². The molecule has 0 saturated carbocycles. The second-order valence-electron chi connectivity index (χ2n) is 4.85. The lowest BCUT2D eigenvalue weighted by atomic mass is 10.1. The van der Waals surface area contributed by atoms with Crippen LogP contribution in [0, 0.1) is 0 Å². The number of hydrogen-bond acceptors (Lipinski definition) is 3. The van der Waals surface area contributed by atoms with Gasteiger partial charge in [-0.1, -0.05) is 36.4 Å². The molecule has 1 aliphatic rings. The number of anilines is 1. The molecule has 0 atom stereocenters. The summed E-state index contributed by atoms with van der Waals surface area (Å²) in [5.74, 6) is 0.848. The predicted molar refractivity (Wildman–Crippen MR) is 92.1 cm³/mol. The molecule has 114 valence electrons. The smallest absolute Gasteiger partial charge is 0.258 e. The number of nitrogens with zero attached hydrogens (tertiary/aromatic N) is 2. The van der Waals surface area contributed by atoms with E-state index >= 15 is 0 Å². The zero-order valence-corrected chi connectivity index (χ0v) is 12.9. The number of amidine groups is 1. The van der Waals surface area contributed by atoms with Crippen LogP contribution in [0.4, 0.5) is 5.69 Å². The van der Waals surface area contributed by atoms with E-state index in [1.54, 1.807) is 4.90 Å². The highest BCUT2D eigenvalue weighted by molar-refractivity contribution is 6.09. The molecule has 0 radical (unpaired) electrons. The number of carbonyl (C=O) groups excluding carboxylic acids is 1. The van der Waals surface area contributed by atoms with Gasteiger partial charge in [0.05, 0.1) is 13.1 Å². The molecule has 3 rings (SSSR count). The van der Waals surface area contributed by atoms with Crippen molar-refractivity contribution in [3.8, 4) is 0 Å². The summed E-state index contributed by atoms with van der Waals surface area (Å²) in [7, 11) is 0. The molecule has 1 amide bonds. The number of aliphatic imine (C=N–C) groups is 1. The summed E-state index contributed by atoms with van der Waals surface area (Å²) < 4.78 is 0. The van der Waals surface area contributed by atoms with Crippen LogP contribution in [0.3, 0.4) is 0 Å². The van der Waals surface area contributed by atoms with Crippen molar-refractivity contribution in [2.75, 3.05) is 24.5 Å². The van der Waals surface area contributed by atoms with Crippen LogP contribution in [0.1, 0.15) is 10.4 Å². The lowest BCUT2D eigenvalue weighted by Crippen LogP contribution is -2.39. The molecule has 0 unspecified atom stereocenters. The van der Waals surface area contributed by atoms with Gasteiger partial charge in [-0.2, -0.15) is 0 Å². The topological polar surface area (TPSA) is 44.7 Å². The molecule has 22 heavy (non-hydrogen) atoms. The van der Waals surface area contributed by atoms with Gasteiger partial charge in [0.15, 0.2) is 0 Å². The van der Waals surface area contributed by atoms with Gasteiger partial charge in [0.2, 0.25) is 0 Å². The average Bonchev–Trinajstić information content (AvgIpc) is 3.07. The molecule has 0 bridgehead atoms. The molecule has 2 aromatic carbocycles. The van der Waals surface area contributed by atoms with Crippen molar-refractivity contribution in [2.24, 2.45) is 4.99 Å². The Bertz CT molecular complexity index is 643. The summed E-state index contributed by atoms with van der Waals surface area (Å²) in [5, 5.41) is 3.22. The van der Waals surface area contributed by atoms with Crippen LogP contribution < -0.4 is 10.2 Å². The van der Waals surface area contributed by atoms with E-state index in [9.17, 15) is 4.79 Å². The first-order valence-electron chi connectivity index (χ1n) is 7.04. The van der Waals surface area contributed by atoms with E-state index in [1.165, 1.54) is 0 Å². The number of carbonyl (C=O) groups is 1. The maximum atomic E-state index is 12.8. The number of hydrogen-bond donors (Lipinski definition) is 1. The molecular formula is C17H18ClN3O. The van der Waals surface area contributed by atoms with Crippen LogP contribution in [0.2, 0.25) is 0 Å². The molecule has 0 fully saturated rings. The third-order valence-electron chi connectivity index (χ3n) is 3.39. The van der Waals surface area contributed by atoms with E-state index in [0.717, 1.165) is 24.6 Å². The first-order valence-corrected chi connectivity index (χ1v) is 7.04. The molecule has 1 N–H and O–H groups in total. The van der Waals surface area contributed by atoms with Crippen molar-refractivity contribution in [1.82, 2.24) is 5.32 Å². The lowest BCUT2D eigenvalue weighted by Gasteiger charge is -2.23. The van der Waals surface area contributed by atoms with Gasteiger partial charge in [-0.15, -0.1) is 12.4 Å². The van der Waals surface area contributed by atoms with Crippen LogP contribution in [0.15, 0.2) is 65.7 Å². The van der Waals surface area contributed by atoms with Crippen molar-refractivity contribution in [1.29, 1.82) is 0 Å². The van der Waals surface area contributed by atoms with E-state index in [-0.39, 0.29) is 18.3 Å². The number of nitrogens with one attached hydrogen (secondary N) is 1. The molecule has 0 aromatic heterocycles. The fourth-order valence-electron chi connectivity index (χ4n) is 2.33. The zero-order valence-electron chi connectivity index (χ0n) is 12.1.